The summed E-state index contributed by atoms with van der Waals surface area (Å²) in [5, 5.41) is 0. The van der Waals surface area contributed by atoms with Crippen molar-refractivity contribution in [2.75, 3.05) is 7.11 Å². The van der Waals surface area contributed by atoms with Crippen LogP contribution >= 0.6 is 0 Å². The van der Waals surface area contributed by atoms with E-state index in [-0.39, 0.29) is 0 Å². The fourth-order valence-electron chi connectivity index (χ4n) is 10.7. The first-order valence-electron chi connectivity index (χ1n) is 20.8. The van der Waals surface area contributed by atoms with E-state index in [2.05, 4.69) is 26.2 Å². The average molecular weight is 753 g/mol. The number of ether oxygens (including phenoxy) is 4. The van der Waals surface area contributed by atoms with E-state index in [1.54, 1.807) is 0 Å². The molecule has 8 nitrogen and oxygen atoms in total. The Morgan fingerprint density at radius 1 is 0.490 bits per heavy atom. The van der Waals surface area contributed by atoms with Crippen LogP contribution < -0.4 is 0 Å². The van der Waals surface area contributed by atoms with Crippen LogP contribution in [0.25, 0.3) is 0 Å². The van der Waals surface area contributed by atoms with Gasteiger partial charge in [-0.15, -0.1) is 0 Å². The van der Waals surface area contributed by atoms with Crippen LogP contribution in [0.15, 0.2) is 0 Å². The highest BCUT2D eigenvalue weighted by molar-refractivity contribution is 6.87. The van der Waals surface area contributed by atoms with Gasteiger partial charge in [0.2, 0.25) is 0 Å². The zero-order chi connectivity index (χ0) is 33.8. The highest BCUT2D eigenvalue weighted by Crippen LogP contribution is 2.46. The molecule has 16 atom stereocenters. The molecule has 8 aliphatic rings. The molecule has 0 aromatic heterocycles. The van der Waals surface area contributed by atoms with Gasteiger partial charge in [-0.3, -0.25) is 0 Å². The summed E-state index contributed by atoms with van der Waals surface area (Å²) in [6.07, 6.45) is 24.3. The van der Waals surface area contributed by atoms with Crippen molar-refractivity contribution in [1.29, 1.82) is 0 Å². The molecule has 4 saturated carbocycles. The number of hydrogen-bond donors (Lipinski definition) is 0. The standard InChI is InChI=1S/C37H68O8Si4/c1-38-47(3,19-15-27-7-11-31-35(23-27)40-31)44-49(5,21-17-29-9-13-33-37(25-29)42-33)45-48(4,20-16-28-8-12-32-36(24-28)41-32)43-46(2)18-14-26-6-10-30-34(22-26)39-30/h26-37,46H,6-25H2,1-5H3. The molecule has 0 spiro atoms. The van der Waals surface area contributed by atoms with Gasteiger partial charge in [-0.05, 0) is 170 Å². The number of fused-ring (bicyclic) bond motifs is 4. The molecule has 4 heterocycles. The minimum Gasteiger partial charge on any atom is -0.439 e. The molecule has 16 unspecified atom stereocenters. The maximum atomic E-state index is 7.70. The summed E-state index contributed by atoms with van der Waals surface area (Å²) >= 11 is 0. The van der Waals surface area contributed by atoms with E-state index in [4.69, 9.17) is 35.7 Å². The average Bonchev–Trinajstić information content (AvgIpc) is 3.91. The van der Waals surface area contributed by atoms with Crippen molar-refractivity contribution >= 4 is 34.7 Å². The lowest BCUT2D eigenvalue weighted by Crippen LogP contribution is -2.58. The Hall–Kier alpha value is 0.548. The van der Waals surface area contributed by atoms with Crippen LogP contribution in [0, 0.1) is 23.7 Å². The third-order valence-electron chi connectivity index (χ3n) is 14.2. The molecule has 4 aliphatic carbocycles. The van der Waals surface area contributed by atoms with E-state index in [1.807, 2.05) is 7.11 Å². The number of rotatable bonds is 19. The number of hydrogen-bond acceptors (Lipinski definition) is 8. The van der Waals surface area contributed by atoms with Crippen molar-refractivity contribution in [3.8, 4) is 0 Å². The van der Waals surface area contributed by atoms with E-state index in [0.29, 0.717) is 54.7 Å². The Morgan fingerprint density at radius 2 is 0.857 bits per heavy atom. The lowest BCUT2D eigenvalue weighted by Gasteiger charge is -2.43. The molecule has 0 N–H and O–H groups in total. The summed E-state index contributed by atoms with van der Waals surface area (Å²) in [6, 6.07) is 4.41. The maximum absolute atomic E-state index is 7.70. The summed E-state index contributed by atoms with van der Waals surface area (Å²) in [4.78, 5) is 0. The van der Waals surface area contributed by atoms with Crippen molar-refractivity contribution in [3.63, 3.8) is 0 Å². The van der Waals surface area contributed by atoms with Gasteiger partial charge in [0.25, 0.3) is 0 Å². The highest BCUT2D eigenvalue weighted by Gasteiger charge is 2.52. The second kappa shape index (κ2) is 15.0. The monoisotopic (exact) mass is 752 g/mol. The SMILES string of the molecule is CO[Si](C)(CCC1CCC2OC2C1)O[Si](C)(CCC1CCC2OC2C1)O[Si](C)(CCC1CCC2OC2C1)O[SiH](C)CCC1CCC2OC2C1. The fraction of sp³-hybridized carbons (Fsp3) is 1.00. The third kappa shape index (κ3) is 9.81. The maximum Gasteiger partial charge on any atom is 0.325 e. The summed E-state index contributed by atoms with van der Waals surface area (Å²) in [5.74, 6) is 3.00. The molecule has 0 radical (unpaired) electrons. The van der Waals surface area contributed by atoms with E-state index >= 15 is 0 Å². The molecule has 49 heavy (non-hydrogen) atoms. The molecule has 8 rings (SSSR count). The van der Waals surface area contributed by atoms with Crippen LogP contribution in [0.2, 0.25) is 50.4 Å². The molecule has 0 aromatic rings. The van der Waals surface area contributed by atoms with Gasteiger partial charge in [0.05, 0.1) is 48.8 Å². The molecule has 0 amide bonds. The molecule has 4 saturated heterocycles. The van der Waals surface area contributed by atoms with E-state index < -0.39 is 34.7 Å². The largest absolute Gasteiger partial charge is 0.439 e. The van der Waals surface area contributed by atoms with E-state index in [0.717, 1.165) is 35.9 Å². The van der Waals surface area contributed by atoms with Crippen molar-refractivity contribution in [2.24, 2.45) is 23.7 Å². The molecule has 8 fully saturated rings. The topological polar surface area (TPSA) is 87.0 Å². The van der Waals surface area contributed by atoms with Gasteiger partial charge in [-0.2, -0.15) is 0 Å². The molecular weight excluding hydrogens is 685 g/mol. The van der Waals surface area contributed by atoms with Gasteiger partial charge in [0.15, 0.2) is 9.04 Å². The van der Waals surface area contributed by atoms with Crippen LogP contribution in [0.4, 0.5) is 0 Å². The predicted molar refractivity (Wildman–Crippen MR) is 200 cm³/mol. The van der Waals surface area contributed by atoms with Gasteiger partial charge in [-0.1, -0.05) is 6.42 Å². The minimum absolute atomic E-state index is 0.513. The molecule has 4 aliphatic heterocycles. The first-order chi connectivity index (χ1) is 23.5. The van der Waals surface area contributed by atoms with E-state index in [9.17, 15) is 0 Å². The van der Waals surface area contributed by atoms with Crippen LogP contribution in [0.5, 0.6) is 0 Å². The third-order valence-corrected chi connectivity index (χ3v) is 30.3. The zero-order valence-corrected chi connectivity index (χ0v) is 35.6. The Bertz CT molecular complexity index is 1140. The van der Waals surface area contributed by atoms with Gasteiger partial charge in [0, 0.05) is 7.11 Å². The van der Waals surface area contributed by atoms with Crippen LogP contribution in [0.1, 0.15) is 103 Å². The second-order valence-electron chi connectivity index (χ2n) is 18.5. The Labute approximate surface area is 302 Å². The zero-order valence-electron chi connectivity index (χ0n) is 31.4. The molecule has 12 heteroatoms. The van der Waals surface area contributed by atoms with Gasteiger partial charge < -0.3 is 35.7 Å². The van der Waals surface area contributed by atoms with Crippen molar-refractivity contribution in [1.82, 2.24) is 0 Å². The van der Waals surface area contributed by atoms with Gasteiger partial charge in [-0.25, -0.2) is 0 Å². The van der Waals surface area contributed by atoms with Crippen molar-refractivity contribution < 1.29 is 35.7 Å². The molecule has 0 aromatic carbocycles. The normalized spacial score (nSPS) is 44.5. The Kier molecular flexibility index (Phi) is 11.2. The minimum atomic E-state index is -2.65. The highest BCUT2D eigenvalue weighted by atomic mass is 28.5. The first kappa shape index (κ1) is 36.5. The lowest BCUT2D eigenvalue weighted by molar-refractivity contribution is 0.242. The summed E-state index contributed by atoms with van der Waals surface area (Å²) < 4.78 is 52.7. The Morgan fingerprint density at radius 3 is 1.27 bits per heavy atom. The molecule has 0 bridgehead atoms. The molecule has 280 valence electrons. The van der Waals surface area contributed by atoms with E-state index in [1.165, 1.54) is 109 Å². The smallest absolute Gasteiger partial charge is 0.325 e. The lowest BCUT2D eigenvalue weighted by atomic mass is 9.88. The summed E-state index contributed by atoms with van der Waals surface area (Å²) in [5.41, 5.74) is 0. The summed E-state index contributed by atoms with van der Waals surface area (Å²) in [7, 11) is -7.17. The van der Waals surface area contributed by atoms with Crippen molar-refractivity contribution in [3.05, 3.63) is 0 Å². The quantitative estimate of drug-likeness (QED) is 0.0968. The van der Waals surface area contributed by atoms with Crippen molar-refractivity contribution in [2.45, 2.75) is 202 Å². The van der Waals surface area contributed by atoms with Crippen LogP contribution in [0.3, 0.4) is 0 Å². The van der Waals surface area contributed by atoms with Gasteiger partial charge in [0.1, 0.15) is 0 Å². The molecular formula is C37H68O8Si4. The van der Waals surface area contributed by atoms with Crippen LogP contribution in [-0.4, -0.2) is 90.7 Å². The second-order valence-corrected chi connectivity index (χ2v) is 32.0. The number of epoxide rings is 4. The Balaban J connectivity index is 0.947. The first-order valence-corrected chi connectivity index (χ1v) is 30.8. The predicted octanol–water partition coefficient (Wildman–Crippen LogP) is 8.08. The fourth-order valence-corrected chi connectivity index (χ4v) is 29.4. The van der Waals surface area contributed by atoms with Gasteiger partial charge >= 0.3 is 25.7 Å². The van der Waals surface area contributed by atoms with Crippen LogP contribution in [-0.2, 0) is 35.7 Å². The summed E-state index contributed by atoms with van der Waals surface area (Å²) in [6.45, 7) is 9.61.